The van der Waals surface area contributed by atoms with Crippen molar-refractivity contribution >= 4 is 0 Å². The molecule has 0 aromatic heterocycles. The lowest BCUT2D eigenvalue weighted by Gasteiger charge is -2.25. The van der Waals surface area contributed by atoms with Crippen molar-refractivity contribution in [1.29, 1.82) is 0 Å². The van der Waals surface area contributed by atoms with Gasteiger partial charge in [-0.15, -0.1) is 0 Å². The van der Waals surface area contributed by atoms with E-state index in [0.717, 1.165) is 33.0 Å². The van der Waals surface area contributed by atoms with Crippen LogP contribution in [0.1, 0.15) is 33.1 Å². The van der Waals surface area contributed by atoms with Gasteiger partial charge in [0.25, 0.3) is 0 Å². The second-order valence-electron chi connectivity index (χ2n) is 3.34. The Morgan fingerprint density at radius 1 is 1.15 bits per heavy atom. The third kappa shape index (κ3) is 4.07. The lowest BCUT2D eigenvalue weighted by atomic mass is 10.2. The lowest BCUT2D eigenvalue weighted by Crippen LogP contribution is -2.33. The van der Waals surface area contributed by atoms with Gasteiger partial charge in [0.15, 0.2) is 0 Å². The van der Waals surface area contributed by atoms with Gasteiger partial charge in [0.1, 0.15) is 0 Å². The maximum absolute atomic E-state index is 9.31. The molecule has 80 valence electrons. The molecule has 1 aliphatic carbocycles. The Bertz CT molecular complexity index is 115. The highest BCUT2D eigenvalue weighted by molar-refractivity contribution is 4.81. The summed E-state index contributed by atoms with van der Waals surface area (Å²) in [6.07, 6.45) is 3.15. The molecule has 1 rings (SSSR count). The Kier molecular flexibility index (Phi) is 7.23. The standard InChI is InChI=1S/C9H19NO.CH4O/c1-3-10(4-2)8-5-6-9(11)7-8;1-2/h8-9,11H,3-7H2,1-2H3;2H,1H3. The summed E-state index contributed by atoms with van der Waals surface area (Å²) in [6, 6.07) is 0.653. The smallest absolute Gasteiger partial charge is 0.0555 e. The Labute approximate surface area is 81.4 Å². The highest BCUT2D eigenvalue weighted by Gasteiger charge is 2.25. The van der Waals surface area contributed by atoms with E-state index in [1.165, 1.54) is 6.42 Å². The van der Waals surface area contributed by atoms with Crippen LogP contribution in [0.4, 0.5) is 0 Å². The van der Waals surface area contributed by atoms with Crippen LogP contribution in [0.25, 0.3) is 0 Å². The summed E-state index contributed by atoms with van der Waals surface area (Å²) < 4.78 is 0. The minimum Gasteiger partial charge on any atom is -0.400 e. The maximum atomic E-state index is 9.31. The van der Waals surface area contributed by atoms with E-state index in [4.69, 9.17) is 5.11 Å². The maximum Gasteiger partial charge on any atom is 0.0555 e. The topological polar surface area (TPSA) is 43.7 Å². The first-order chi connectivity index (χ1) is 6.27. The van der Waals surface area contributed by atoms with Gasteiger partial charge in [-0.25, -0.2) is 0 Å². The van der Waals surface area contributed by atoms with Gasteiger partial charge in [0, 0.05) is 13.2 Å². The molecule has 0 aliphatic heterocycles. The molecule has 0 spiro atoms. The Hall–Kier alpha value is -0.120. The fraction of sp³-hybridized carbons (Fsp3) is 1.00. The largest absolute Gasteiger partial charge is 0.400 e. The molecule has 0 saturated heterocycles. The molecule has 1 aliphatic rings. The first-order valence-electron chi connectivity index (χ1n) is 5.14. The Morgan fingerprint density at radius 3 is 2.00 bits per heavy atom. The summed E-state index contributed by atoms with van der Waals surface area (Å²) in [6.45, 7) is 6.62. The SMILES string of the molecule is CCN(CC)C1CCC(O)C1.CO. The van der Waals surface area contributed by atoms with Crippen molar-refractivity contribution < 1.29 is 10.2 Å². The molecule has 1 fully saturated rings. The van der Waals surface area contributed by atoms with Gasteiger partial charge in [0.2, 0.25) is 0 Å². The van der Waals surface area contributed by atoms with Crippen LogP contribution in [0, 0.1) is 0 Å². The summed E-state index contributed by atoms with van der Waals surface area (Å²) in [4.78, 5) is 2.44. The van der Waals surface area contributed by atoms with Crippen molar-refractivity contribution in [3.05, 3.63) is 0 Å². The normalized spacial score (nSPS) is 27.2. The lowest BCUT2D eigenvalue weighted by molar-refractivity contribution is 0.157. The molecule has 0 bridgehead atoms. The van der Waals surface area contributed by atoms with Crippen molar-refractivity contribution in [2.75, 3.05) is 20.2 Å². The molecule has 3 heteroatoms. The summed E-state index contributed by atoms with van der Waals surface area (Å²) >= 11 is 0. The van der Waals surface area contributed by atoms with E-state index in [2.05, 4.69) is 18.7 Å². The zero-order valence-corrected chi connectivity index (χ0v) is 9.03. The van der Waals surface area contributed by atoms with Gasteiger partial charge in [-0.1, -0.05) is 13.8 Å². The summed E-state index contributed by atoms with van der Waals surface area (Å²) in [5, 5.41) is 16.3. The number of nitrogens with zero attached hydrogens (tertiary/aromatic N) is 1. The van der Waals surface area contributed by atoms with Crippen LogP contribution in [-0.4, -0.2) is 47.5 Å². The molecule has 3 nitrogen and oxygen atoms in total. The Balaban J connectivity index is 0.000000671. The molecule has 0 radical (unpaired) electrons. The van der Waals surface area contributed by atoms with Crippen LogP contribution >= 0.6 is 0 Å². The molecular weight excluding hydrogens is 166 g/mol. The second kappa shape index (κ2) is 7.30. The summed E-state index contributed by atoms with van der Waals surface area (Å²) in [5.74, 6) is 0. The Morgan fingerprint density at radius 2 is 1.69 bits per heavy atom. The number of rotatable bonds is 3. The first kappa shape index (κ1) is 12.9. The van der Waals surface area contributed by atoms with Gasteiger partial charge >= 0.3 is 0 Å². The molecule has 2 unspecified atom stereocenters. The van der Waals surface area contributed by atoms with Crippen molar-refractivity contribution in [1.82, 2.24) is 4.90 Å². The van der Waals surface area contributed by atoms with E-state index in [9.17, 15) is 5.11 Å². The fourth-order valence-electron chi connectivity index (χ4n) is 2.01. The zero-order chi connectivity index (χ0) is 10.3. The zero-order valence-electron chi connectivity index (χ0n) is 9.03. The van der Waals surface area contributed by atoms with Crippen molar-refractivity contribution in [3.8, 4) is 0 Å². The fourth-order valence-corrected chi connectivity index (χ4v) is 2.01. The monoisotopic (exact) mass is 189 g/mol. The summed E-state index contributed by atoms with van der Waals surface area (Å²) in [7, 11) is 1.00. The molecule has 1 saturated carbocycles. The molecule has 0 aromatic rings. The molecule has 2 atom stereocenters. The van der Waals surface area contributed by atoms with E-state index in [1.807, 2.05) is 0 Å². The third-order valence-corrected chi connectivity index (χ3v) is 2.71. The minimum atomic E-state index is -0.0272. The third-order valence-electron chi connectivity index (χ3n) is 2.71. The number of hydrogen-bond donors (Lipinski definition) is 2. The van der Waals surface area contributed by atoms with Crippen LogP contribution in [0.2, 0.25) is 0 Å². The highest BCUT2D eigenvalue weighted by atomic mass is 16.3. The molecule has 2 N–H and O–H groups in total. The molecular formula is C10H23NO2. The predicted octanol–water partition coefficient (Wildman–Crippen LogP) is 0.850. The van der Waals surface area contributed by atoms with E-state index in [-0.39, 0.29) is 6.10 Å². The van der Waals surface area contributed by atoms with E-state index >= 15 is 0 Å². The predicted molar refractivity (Wildman–Crippen MR) is 54.7 cm³/mol. The van der Waals surface area contributed by atoms with E-state index in [0.29, 0.717) is 6.04 Å². The van der Waals surface area contributed by atoms with E-state index in [1.54, 1.807) is 0 Å². The van der Waals surface area contributed by atoms with Gasteiger partial charge < -0.3 is 15.1 Å². The number of aliphatic hydroxyl groups excluding tert-OH is 2. The van der Waals surface area contributed by atoms with Crippen molar-refractivity contribution in [2.24, 2.45) is 0 Å². The average Bonchev–Trinajstić information content (AvgIpc) is 2.58. The van der Waals surface area contributed by atoms with Gasteiger partial charge in [-0.05, 0) is 32.4 Å². The van der Waals surface area contributed by atoms with Crippen LogP contribution in [-0.2, 0) is 0 Å². The number of hydrogen-bond acceptors (Lipinski definition) is 3. The summed E-state index contributed by atoms with van der Waals surface area (Å²) in [5.41, 5.74) is 0. The van der Waals surface area contributed by atoms with E-state index < -0.39 is 0 Å². The number of aliphatic hydroxyl groups is 2. The van der Waals surface area contributed by atoms with Crippen LogP contribution in [0.5, 0.6) is 0 Å². The van der Waals surface area contributed by atoms with Gasteiger partial charge in [0.05, 0.1) is 6.10 Å². The average molecular weight is 189 g/mol. The highest BCUT2D eigenvalue weighted by Crippen LogP contribution is 2.23. The van der Waals surface area contributed by atoms with Crippen LogP contribution in [0.15, 0.2) is 0 Å². The molecule has 0 aromatic carbocycles. The molecule has 0 amide bonds. The first-order valence-corrected chi connectivity index (χ1v) is 5.14. The minimum absolute atomic E-state index is 0.0272. The second-order valence-corrected chi connectivity index (χ2v) is 3.34. The van der Waals surface area contributed by atoms with Gasteiger partial charge in [-0.2, -0.15) is 0 Å². The van der Waals surface area contributed by atoms with Crippen molar-refractivity contribution in [3.63, 3.8) is 0 Å². The van der Waals surface area contributed by atoms with Crippen LogP contribution in [0.3, 0.4) is 0 Å². The van der Waals surface area contributed by atoms with Crippen LogP contribution < -0.4 is 0 Å². The van der Waals surface area contributed by atoms with Gasteiger partial charge in [-0.3, -0.25) is 0 Å². The molecule has 0 heterocycles. The quantitative estimate of drug-likeness (QED) is 0.692. The van der Waals surface area contributed by atoms with Crippen molar-refractivity contribution in [2.45, 2.75) is 45.3 Å². The molecule has 13 heavy (non-hydrogen) atoms.